The van der Waals surface area contributed by atoms with Crippen molar-refractivity contribution in [3.63, 3.8) is 0 Å². The number of rotatable bonds is 2. The molecular weight excluding hydrogens is 162 g/mol. The summed E-state index contributed by atoms with van der Waals surface area (Å²) in [6.07, 6.45) is 0.306. The number of ketones is 2. The molecular formula is C5H11GaO2+2. The first-order chi connectivity index (χ1) is 3.13. The molecule has 0 spiro atoms. The van der Waals surface area contributed by atoms with Crippen LogP contribution in [0.4, 0.5) is 0 Å². The first-order valence-corrected chi connectivity index (χ1v) is 2.15. The molecule has 0 rings (SSSR count). The molecule has 0 aliphatic carbocycles. The predicted octanol–water partition coefficient (Wildman–Crippen LogP) is -0.142. The molecule has 0 heterocycles. The van der Waals surface area contributed by atoms with Crippen LogP contribution >= 0.6 is 0 Å². The Bertz CT molecular complexity index is 86.6. The van der Waals surface area contributed by atoms with Crippen molar-refractivity contribution in [3.8, 4) is 0 Å². The minimum atomic E-state index is 0. The van der Waals surface area contributed by atoms with Crippen molar-refractivity contribution in [3.05, 3.63) is 0 Å². The van der Waals surface area contributed by atoms with Gasteiger partial charge in [0.25, 0.3) is 0 Å². The first-order valence-electron chi connectivity index (χ1n) is 2.15. The van der Waals surface area contributed by atoms with Crippen LogP contribution in [0.5, 0.6) is 0 Å². The maximum atomic E-state index is 8.46. The summed E-state index contributed by atoms with van der Waals surface area (Å²) in [5, 5.41) is 0. The molecule has 0 amide bonds. The summed E-state index contributed by atoms with van der Waals surface area (Å²) in [5.41, 5.74) is 0. The van der Waals surface area contributed by atoms with E-state index in [9.17, 15) is 0 Å². The summed E-state index contributed by atoms with van der Waals surface area (Å²) in [4.78, 5) is 16.9. The van der Waals surface area contributed by atoms with Crippen LogP contribution < -0.4 is 0 Å². The van der Waals surface area contributed by atoms with Crippen molar-refractivity contribution in [2.24, 2.45) is 0 Å². The Kier molecular flexibility index (Phi) is 6.96. The second-order valence-corrected chi connectivity index (χ2v) is 1.65. The van der Waals surface area contributed by atoms with Crippen LogP contribution in [0.1, 0.15) is 20.3 Å². The molecule has 0 fully saturated rings. The minimum absolute atomic E-state index is 0. The first kappa shape index (κ1) is 10.9. The molecule has 0 saturated carbocycles. The van der Waals surface area contributed by atoms with E-state index in [0.29, 0.717) is 6.42 Å². The van der Waals surface area contributed by atoms with Crippen LogP contribution in [0, 0.1) is 0 Å². The second kappa shape index (κ2) is 5.12. The summed E-state index contributed by atoms with van der Waals surface area (Å²) >= 11 is 0. The molecule has 0 unspecified atom stereocenters. The second-order valence-electron chi connectivity index (χ2n) is 1.65. The van der Waals surface area contributed by atoms with Gasteiger partial charge in [-0.2, -0.15) is 0 Å². The fraction of sp³-hybridized carbons (Fsp3) is 0.600. The Morgan fingerprint density at radius 2 is 1.38 bits per heavy atom. The molecule has 2 radical (unpaired) electrons. The van der Waals surface area contributed by atoms with Crippen LogP contribution in [0.3, 0.4) is 0 Å². The third kappa shape index (κ3) is 9.36. The van der Waals surface area contributed by atoms with Crippen LogP contribution in [0.25, 0.3) is 0 Å². The maximum absolute atomic E-state index is 8.46. The van der Waals surface area contributed by atoms with Gasteiger partial charge >= 0.3 is 31.4 Å². The third-order valence-electron chi connectivity index (χ3n) is 0.512. The zero-order chi connectivity index (χ0) is 5.86. The fourth-order valence-corrected chi connectivity index (χ4v) is 0.370. The molecule has 8 heavy (non-hydrogen) atoms. The Morgan fingerprint density at radius 1 is 1.12 bits per heavy atom. The van der Waals surface area contributed by atoms with E-state index in [4.69, 9.17) is 9.59 Å². The number of carbonyl (C=O) groups excluding carboxylic acids is 2. The third-order valence-corrected chi connectivity index (χ3v) is 0.512. The van der Waals surface area contributed by atoms with E-state index in [0.717, 1.165) is 0 Å². The quantitative estimate of drug-likeness (QED) is 0.316. The van der Waals surface area contributed by atoms with E-state index in [2.05, 4.69) is 0 Å². The summed E-state index contributed by atoms with van der Waals surface area (Å²) in [6, 6.07) is 0. The van der Waals surface area contributed by atoms with Crippen LogP contribution in [-0.2, 0) is 0 Å². The van der Waals surface area contributed by atoms with Gasteiger partial charge < -0.3 is 0 Å². The molecule has 3 heteroatoms. The van der Waals surface area contributed by atoms with Gasteiger partial charge in [0.1, 0.15) is 0 Å². The molecule has 0 aliphatic heterocycles. The summed E-state index contributed by atoms with van der Waals surface area (Å²) in [6.45, 7) is 3.11. The summed E-state index contributed by atoms with van der Waals surface area (Å²) in [7, 11) is 0. The van der Waals surface area contributed by atoms with Gasteiger partial charge in [0.05, 0.1) is 0 Å². The number of hydrogen-bond acceptors (Lipinski definition) is 0. The van der Waals surface area contributed by atoms with Crippen molar-refractivity contribution in [1.29, 1.82) is 0 Å². The predicted molar refractivity (Wildman–Crippen MR) is 37.0 cm³/mol. The van der Waals surface area contributed by atoms with E-state index in [-0.39, 0.29) is 31.4 Å². The molecule has 0 aromatic rings. The molecule has 0 bridgehead atoms. The summed E-state index contributed by atoms with van der Waals surface area (Å²) in [5.74, 6) is 0.500. The van der Waals surface area contributed by atoms with Gasteiger partial charge in [-0.25, -0.2) is 0 Å². The van der Waals surface area contributed by atoms with Crippen molar-refractivity contribution in [2.75, 3.05) is 0 Å². The standard InChI is InChI=1S/C5H8O2.Ga.H/c1-4(6)3-5(2)7;;/h3H2,1-2H3;;/p+2. The Labute approximate surface area is 61.7 Å². The van der Waals surface area contributed by atoms with Crippen LogP contribution in [-0.4, -0.2) is 40.9 Å². The Balaban J connectivity index is 0. The number of hydrogen-bond donors (Lipinski definition) is 0. The molecule has 0 atom stereocenters. The monoisotopic (exact) mass is 172 g/mol. The normalized spacial score (nSPS) is 7.25. The molecule has 2 N–H and O–H groups in total. The van der Waals surface area contributed by atoms with Gasteiger partial charge in [0.2, 0.25) is 0 Å². The van der Waals surface area contributed by atoms with Gasteiger partial charge in [-0.05, 0) is 0 Å². The average Bonchev–Trinajstić information content (AvgIpc) is 1.27. The zero-order valence-electron chi connectivity index (χ0n) is 5.31. The molecule has 44 valence electrons. The van der Waals surface area contributed by atoms with Crippen LogP contribution in [0.2, 0.25) is 0 Å². The van der Waals surface area contributed by atoms with E-state index in [1.54, 1.807) is 13.8 Å². The fourth-order valence-electron chi connectivity index (χ4n) is 0.370. The molecule has 2 nitrogen and oxygen atoms in total. The van der Waals surface area contributed by atoms with Gasteiger partial charge in [0, 0.05) is 13.8 Å². The SMILES string of the molecule is CC(=[OH+])CC(C)=[OH+].[GaH]. The summed E-state index contributed by atoms with van der Waals surface area (Å²) < 4.78 is 0. The Hall–Kier alpha value is -0.0236. The van der Waals surface area contributed by atoms with Gasteiger partial charge in [-0.15, -0.1) is 0 Å². The van der Waals surface area contributed by atoms with E-state index in [1.807, 2.05) is 0 Å². The van der Waals surface area contributed by atoms with Crippen molar-refractivity contribution >= 4 is 31.4 Å². The molecule has 0 saturated heterocycles. The van der Waals surface area contributed by atoms with Gasteiger partial charge in [-0.1, -0.05) is 0 Å². The van der Waals surface area contributed by atoms with Crippen molar-refractivity contribution in [2.45, 2.75) is 20.3 Å². The Morgan fingerprint density at radius 3 is 1.38 bits per heavy atom. The van der Waals surface area contributed by atoms with Crippen molar-refractivity contribution in [1.82, 2.24) is 0 Å². The average molecular weight is 173 g/mol. The van der Waals surface area contributed by atoms with Crippen molar-refractivity contribution < 1.29 is 9.59 Å². The molecule has 0 aliphatic rings. The molecule has 0 aromatic carbocycles. The van der Waals surface area contributed by atoms with E-state index >= 15 is 0 Å². The molecule has 0 aromatic heterocycles. The van der Waals surface area contributed by atoms with Gasteiger partial charge in [-0.3, -0.25) is 9.59 Å². The van der Waals surface area contributed by atoms with Crippen LogP contribution in [0.15, 0.2) is 0 Å². The van der Waals surface area contributed by atoms with E-state index in [1.165, 1.54) is 0 Å². The topological polar surface area (TPSA) is 42.8 Å². The van der Waals surface area contributed by atoms with E-state index < -0.39 is 0 Å². The van der Waals surface area contributed by atoms with Gasteiger partial charge in [0.15, 0.2) is 6.42 Å². The zero-order valence-corrected chi connectivity index (χ0v) is 8.28.